The second kappa shape index (κ2) is 7.62. The van der Waals surface area contributed by atoms with E-state index in [9.17, 15) is 4.79 Å². The van der Waals surface area contributed by atoms with Gasteiger partial charge in [0.2, 0.25) is 5.91 Å². The van der Waals surface area contributed by atoms with Crippen LogP contribution in [0.4, 0.5) is 0 Å². The normalized spacial score (nSPS) is 25.2. The highest BCUT2D eigenvalue weighted by Gasteiger charge is 2.43. The molecule has 0 bridgehead atoms. The number of rotatable bonds is 6. The van der Waals surface area contributed by atoms with Crippen molar-refractivity contribution in [3.05, 3.63) is 0 Å². The lowest BCUT2D eigenvalue weighted by atomic mass is 9.77. The molecule has 3 heteroatoms. The third-order valence-corrected chi connectivity index (χ3v) is 5.36. The summed E-state index contributed by atoms with van der Waals surface area (Å²) in [5.74, 6) is 1.73. The summed E-state index contributed by atoms with van der Waals surface area (Å²) in [5, 5.41) is 3.48. The van der Waals surface area contributed by atoms with E-state index in [2.05, 4.69) is 31.0 Å². The number of amides is 1. The SMILES string of the molecule is CCN(CC1CCCNC1)C(=O)C1(CC(C)C)CCCC1. The van der Waals surface area contributed by atoms with Crippen LogP contribution in [0.15, 0.2) is 0 Å². The molecule has 122 valence electrons. The van der Waals surface area contributed by atoms with Crippen molar-refractivity contribution in [3.8, 4) is 0 Å². The van der Waals surface area contributed by atoms with Crippen LogP contribution < -0.4 is 5.32 Å². The molecule has 21 heavy (non-hydrogen) atoms. The molecule has 1 atom stereocenters. The van der Waals surface area contributed by atoms with Crippen LogP contribution >= 0.6 is 0 Å². The van der Waals surface area contributed by atoms with E-state index in [0.29, 0.717) is 17.7 Å². The minimum absolute atomic E-state index is 0.0354. The highest BCUT2D eigenvalue weighted by molar-refractivity contribution is 5.83. The summed E-state index contributed by atoms with van der Waals surface area (Å²) in [5.41, 5.74) is -0.0354. The van der Waals surface area contributed by atoms with Crippen LogP contribution in [0.5, 0.6) is 0 Å². The van der Waals surface area contributed by atoms with Crippen molar-refractivity contribution in [3.63, 3.8) is 0 Å². The summed E-state index contributed by atoms with van der Waals surface area (Å²) >= 11 is 0. The number of hydrogen-bond donors (Lipinski definition) is 1. The van der Waals surface area contributed by atoms with Gasteiger partial charge in [-0.25, -0.2) is 0 Å². The molecular weight excluding hydrogens is 260 g/mol. The van der Waals surface area contributed by atoms with Gasteiger partial charge in [0.25, 0.3) is 0 Å². The van der Waals surface area contributed by atoms with Crippen molar-refractivity contribution >= 4 is 5.91 Å². The van der Waals surface area contributed by atoms with Crippen molar-refractivity contribution in [2.75, 3.05) is 26.2 Å². The minimum Gasteiger partial charge on any atom is -0.342 e. The van der Waals surface area contributed by atoms with Crippen LogP contribution in [-0.4, -0.2) is 37.0 Å². The summed E-state index contributed by atoms with van der Waals surface area (Å²) in [7, 11) is 0. The Morgan fingerprint density at radius 2 is 2.00 bits per heavy atom. The van der Waals surface area contributed by atoms with Gasteiger partial charge in [0.15, 0.2) is 0 Å². The number of nitrogens with one attached hydrogen (secondary N) is 1. The maximum atomic E-state index is 13.2. The first-order chi connectivity index (χ1) is 10.1. The van der Waals surface area contributed by atoms with Crippen LogP contribution in [0.2, 0.25) is 0 Å². The van der Waals surface area contributed by atoms with Gasteiger partial charge >= 0.3 is 0 Å². The predicted octanol–water partition coefficient (Wildman–Crippen LogP) is 3.44. The summed E-state index contributed by atoms with van der Waals surface area (Å²) in [6, 6.07) is 0. The Balaban J connectivity index is 2.02. The van der Waals surface area contributed by atoms with E-state index in [-0.39, 0.29) is 5.41 Å². The largest absolute Gasteiger partial charge is 0.342 e. The number of carbonyl (C=O) groups excluding carboxylic acids is 1. The highest BCUT2D eigenvalue weighted by atomic mass is 16.2. The molecule has 3 nitrogen and oxygen atoms in total. The lowest BCUT2D eigenvalue weighted by molar-refractivity contribution is -0.143. The van der Waals surface area contributed by atoms with Crippen molar-refractivity contribution < 1.29 is 4.79 Å². The number of piperidine rings is 1. The second-order valence-electron chi connectivity index (χ2n) is 7.64. The standard InChI is InChI=1S/C18H34N2O/c1-4-20(14-16-8-7-11-19-13-16)17(21)18(12-15(2)3)9-5-6-10-18/h15-16,19H,4-14H2,1-3H3. The fourth-order valence-electron chi connectivity index (χ4n) is 4.42. The number of hydrogen-bond acceptors (Lipinski definition) is 2. The molecule has 1 N–H and O–H groups in total. The summed E-state index contributed by atoms with van der Waals surface area (Å²) in [6.45, 7) is 10.7. The van der Waals surface area contributed by atoms with Crippen LogP contribution in [0, 0.1) is 17.3 Å². The third kappa shape index (κ3) is 4.21. The van der Waals surface area contributed by atoms with Crippen LogP contribution in [0.1, 0.15) is 65.7 Å². The van der Waals surface area contributed by atoms with Gasteiger partial charge in [0, 0.05) is 18.5 Å². The van der Waals surface area contributed by atoms with Crippen LogP contribution in [0.25, 0.3) is 0 Å². The average Bonchev–Trinajstić information content (AvgIpc) is 2.94. The van der Waals surface area contributed by atoms with E-state index in [1.54, 1.807) is 0 Å². The molecule has 2 fully saturated rings. The van der Waals surface area contributed by atoms with E-state index in [0.717, 1.165) is 45.4 Å². The fraction of sp³-hybridized carbons (Fsp3) is 0.944. The van der Waals surface area contributed by atoms with Crippen molar-refractivity contribution in [2.24, 2.45) is 17.3 Å². The molecule has 0 aromatic heterocycles. The topological polar surface area (TPSA) is 32.3 Å². The Labute approximate surface area is 130 Å². The molecule has 0 radical (unpaired) electrons. The van der Waals surface area contributed by atoms with Crippen LogP contribution in [0.3, 0.4) is 0 Å². The van der Waals surface area contributed by atoms with Crippen LogP contribution in [-0.2, 0) is 4.79 Å². The third-order valence-electron chi connectivity index (χ3n) is 5.36. The van der Waals surface area contributed by atoms with Crippen molar-refractivity contribution in [1.29, 1.82) is 0 Å². The van der Waals surface area contributed by atoms with Gasteiger partial charge in [0.05, 0.1) is 0 Å². The Morgan fingerprint density at radius 1 is 1.29 bits per heavy atom. The molecule has 1 aliphatic heterocycles. The molecule has 1 saturated carbocycles. The Kier molecular flexibility index (Phi) is 6.09. The number of nitrogens with zero attached hydrogens (tertiary/aromatic N) is 1. The van der Waals surface area contributed by atoms with Gasteiger partial charge in [-0.3, -0.25) is 4.79 Å². The van der Waals surface area contributed by atoms with Gasteiger partial charge in [0.1, 0.15) is 0 Å². The van der Waals surface area contributed by atoms with Gasteiger partial charge in [-0.2, -0.15) is 0 Å². The maximum absolute atomic E-state index is 13.2. The zero-order valence-electron chi connectivity index (χ0n) is 14.3. The molecule has 0 aromatic carbocycles. The van der Waals surface area contributed by atoms with Gasteiger partial charge in [-0.1, -0.05) is 26.7 Å². The van der Waals surface area contributed by atoms with Crippen molar-refractivity contribution in [2.45, 2.75) is 65.7 Å². The maximum Gasteiger partial charge on any atom is 0.228 e. The van der Waals surface area contributed by atoms with E-state index < -0.39 is 0 Å². The first kappa shape index (κ1) is 16.8. The Morgan fingerprint density at radius 3 is 2.52 bits per heavy atom. The molecule has 1 aliphatic carbocycles. The minimum atomic E-state index is -0.0354. The lowest BCUT2D eigenvalue weighted by Gasteiger charge is -2.37. The monoisotopic (exact) mass is 294 g/mol. The predicted molar refractivity (Wildman–Crippen MR) is 88.2 cm³/mol. The second-order valence-corrected chi connectivity index (χ2v) is 7.64. The molecule has 1 heterocycles. The smallest absolute Gasteiger partial charge is 0.228 e. The quantitative estimate of drug-likeness (QED) is 0.814. The van der Waals surface area contributed by atoms with Crippen molar-refractivity contribution in [1.82, 2.24) is 10.2 Å². The van der Waals surface area contributed by atoms with E-state index >= 15 is 0 Å². The molecule has 1 amide bonds. The van der Waals surface area contributed by atoms with E-state index in [1.807, 2.05) is 0 Å². The molecule has 2 aliphatic rings. The first-order valence-electron chi connectivity index (χ1n) is 9.07. The zero-order chi connectivity index (χ0) is 15.3. The summed E-state index contributed by atoms with van der Waals surface area (Å²) in [4.78, 5) is 15.4. The van der Waals surface area contributed by atoms with Gasteiger partial charge < -0.3 is 10.2 Å². The summed E-state index contributed by atoms with van der Waals surface area (Å²) in [6.07, 6.45) is 8.31. The fourth-order valence-corrected chi connectivity index (χ4v) is 4.42. The highest BCUT2D eigenvalue weighted by Crippen LogP contribution is 2.44. The molecular formula is C18H34N2O. The molecule has 2 rings (SSSR count). The zero-order valence-corrected chi connectivity index (χ0v) is 14.3. The molecule has 0 spiro atoms. The molecule has 1 saturated heterocycles. The lowest BCUT2D eigenvalue weighted by Crippen LogP contribution is -2.47. The van der Waals surface area contributed by atoms with E-state index in [1.165, 1.54) is 25.7 Å². The number of carbonyl (C=O) groups is 1. The molecule has 0 aromatic rings. The summed E-state index contributed by atoms with van der Waals surface area (Å²) < 4.78 is 0. The average molecular weight is 294 g/mol. The molecule has 1 unspecified atom stereocenters. The van der Waals surface area contributed by atoms with Gasteiger partial charge in [-0.05, 0) is 64.0 Å². The Hall–Kier alpha value is -0.570. The van der Waals surface area contributed by atoms with E-state index in [4.69, 9.17) is 0 Å². The Bertz CT molecular complexity index is 328. The van der Waals surface area contributed by atoms with Gasteiger partial charge in [-0.15, -0.1) is 0 Å². The first-order valence-corrected chi connectivity index (χ1v) is 9.07.